The van der Waals surface area contributed by atoms with Crippen LogP contribution in [0, 0.1) is 6.92 Å². The highest BCUT2D eigenvalue weighted by Crippen LogP contribution is 2.29. The Hall–Kier alpha value is -2.85. The molecule has 3 heterocycles. The van der Waals surface area contributed by atoms with Gasteiger partial charge in [-0.2, -0.15) is 0 Å². The molecule has 4 rings (SSSR count). The Morgan fingerprint density at radius 2 is 1.90 bits per heavy atom. The van der Waals surface area contributed by atoms with Gasteiger partial charge in [0.05, 0.1) is 17.2 Å². The summed E-state index contributed by atoms with van der Waals surface area (Å²) >= 11 is 0. The van der Waals surface area contributed by atoms with E-state index in [4.69, 9.17) is 4.84 Å². The summed E-state index contributed by atoms with van der Waals surface area (Å²) in [6.07, 6.45) is 0.219. The molecule has 158 valence electrons. The average Bonchev–Trinajstić information content (AvgIpc) is 3.20. The smallest absolute Gasteiger partial charge is 0.354 e. The van der Waals surface area contributed by atoms with Gasteiger partial charge in [-0.15, -0.1) is 0 Å². The van der Waals surface area contributed by atoms with Crippen molar-refractivity contribution in [3.8, 4) is 0 Å². The van der Waals surface area contributed by atoms with Crippen LogP contribution in [-0.4, -0.2) is 64.7 Å². The number of aromatic carboxylic acids is 1. The Morgan fingerprint density at radius 3 is 2.57 bits per heavy atom. The molecule has 10 heteroatoms. The van der Waals surface area contributed by atoms with Crippen molar-refractivity contribution in [2.75, 3.05) is 24.6 Å². The maximum Gasteiger partial charge on any atom is 0.354 e. The van der Waals surface area contributed by atoms with E-state index < -0.39 is 15.8 Å². The Kier molecular flexibility index (Phi) is 5.52. The topological polar surface area (TPSA) is 122 Å². The highest BCUT2D eigenvalue weighted by molar-refractivity contribution is 7.91. The molecule has 0 amide bonds. The van der Waals surface area contributed by atoms with Crippen molar-refractivity contribution in [3.05, 3.63) is 58.7 Å². The summed E-state index contributed by atoms with van der Waals surface area (Å²) in [7, 11) is -2.88. The molecule has 2 aromatic rings. The number of benzene rings is 1. The Labute approximate surface area is 174 Å². The van der Waals surface area contributed by atoms with Crippen LogP contribution < -0.4 is 0 Å². The Morgan fingerprint density at radius 1 is 1.20 bits per heavy atom. The lowest BCUT2D eigenvalue weighted by molar-refractivity contribution is 0.0690. The minimum absolute atomic E-state index is 0.0708. The molecule has 1 fully saturated rings. The summed E-state index contributed by atoms with van der Waals surface area (Å²) in [5.41, 5.74) is 3.04. The number of carbonyl (C=O) groups is 1. The van der Waals surface area contributed by atoms with E-state index in [0.717, 1.165) is 11.1 Å². The minimum Gasteiger partial charge on any atom is -0.477 e. The maximum absolute atomic E-state index is 11.6. The van der Waals surface area contributed by atoms with Crippen LogP contribution in [0.3, 0.4) is 0 Å². The zero-order valence-corrected chi connectivity index (χ0v) is 17.3. The first-order valence-corrected chi connectivity index (χ1v) is 11.4. The second kappa shape index (κ2) is 8.11. The van der Waals surface area contributed by atoms with Crippen LogP contribution in [-0.2, 0) is 21.2 Å². The third kappa shape index (κ3) is 4.65. The molecular weight excluding hydrogens is 408 g/mol. The van der Waals surface area contributed by atoms with Gasteiger partial charge in [-0.1, -0.05) is 29.4 Å². The number of nitrogens with zero attached hydrogens (tertiary/aromatic N) is 4. The van der Waals surface area contributed by atoms with E-state index in [0.29, 0.717) is 43.3 Å². The number of carboxylic acids is 1. The maximum atomic E-state index is 11.6. The van der Waals surface area contributed by atoms with Crippen LogP contribution in [0.2, 0.25) is 0 Å². The first kappa shape index (κ1) is 20.4. The number of sulfone groups is 1. The molecule has 2 aliphatic rings. The molecule has 0 radical (unpaired) electrons. The van der Waals surface area contributed by atoms with Gasteiger partial charge in [-0.05, 0) is 24.1 Å². The van der Waals surface area contributed by atoms with Gasteiger partial charge in [-0.25, -0.2) is 23.2 Å². The zero-order valence-electron chi connectivity index (χ0n) is 16.5. The number of hydrogen-bond acceptors (Lipinski definition) is 8. The van der Waals surface area contributed by atoms with Gasteiger partial charge in [0.1, 0.15) is 11.5 Å². The summed E-state index contributed by atoms with van der Waals surface area (Å²) in [5.74, 6) is -0.314. The molecule has 30 heavy (non-hydrogen) atoms. The normalized spacial score (nSPS) is 21.1. The SMILES string of the molecule is Cc1nc(C(=O)O)cc(C2=NOC(c3ccc(CN4CCS(=O)(=O)CC4)cc3)C2)n1. The van der Waals surface area contributed by atoms with E-state index in [1.54, 1.807) is 6.92 Å². The van der Waals surface area contributed by atoms with Gasteiger partial charge in [0.25, 0.3) is 0 Å². The van der Waals surface area contributed by atoms with E-state index in [1.807, 2.05) is 24.3 Å². The first-order valence-electron chi connectivity index (χ1n) is 9.63. The zero-order chi connectivity index (χ0) is 21.3. The number of carboxylic acid groups (broad SMARTS) is 1. The third-order valence-corrected chi connectivity index (χ3v) is 6.83. The predicted octanol–water partition coefficient (Wildman–Crippen LogP) is 1.58. The molecule has 1 aromatic heterocycles. The van der Waals surface area contributed by atoms with Crippen molar-refractivity contribution in [2.45, 2.75) is 26.0 Å². The molecule has 0 spiro atoms. The lowest BCUT2D eigenvalue weighted by Crippen LogP contribution is -2.39. The van der Waals surface area contributed by atoms with Crippen LogP contribution in [0.5, 0.6) is 0 Å². The fourth-order valence-electron chi connectivity index (χ4n) is 3.54. The molecule has 1 saturated heterocycles. The average molecular weight is 430 g/mol. The monoisotopic (exact) mass is 430 g/mol. The fraction of sp³-hybridized carbons (Fsp3) is 0.400. The fourth-order valence-corrected chi connectivity index (χ4v) is 4.81. The quantitative estimate of drug-likeness (QED) is 0.759. The van der Waals surface area contributed by atoms with Crippen LogP contribution in [0.4, 0.5) is 0 Å². The minimum atomic E-state index is -2.88. The van der Waals surface area contributed by atoms with E-state index in [1.165, 1.54) is 6.07 Å². The Bertz CT molecular complexity index is 1080. The molecule has 1 aromatic carbocycles. The molecule has 1 unspecified atom stereocenters. The van der Waals surface area contributed by atoms with Gasteiger partial charge in [0, 0.05) is 26.1 Å². The number of hydrogen-bond donors (Lipinski definition) is 1. The summed E-state index contributed by atoms with van der Waals surface area (Å²) < 4.78 is 23.1. The molecule has 1 N–H and O–H groups in total. The van der Waals surface area contributed by atoms with Gasteiger partial charge >= 0.3 is 5.97 Å². The highest BCUT2D eigenvalue weighted by Gasteiger charge is 2.26. The Balaban J connectivity index is 1.39. The summed E-state index contributed by atoms with van der Waals surface area (Å²) in [6, 6.07) is 9.39. The number of aromatic nitrogens is 2. The van der Waals surface area contributed by atoms with Gasteiger partial charge in [-0.3, -0.25) is 4.90 Å². The van der Waals surface area contributed by atoms with Crippen LogP contribution >= 0.6 is 0 Å². The van der Waals surface area contributed by atoms with E-state index in [-0.39, 0.29) is 23.3 Å². The number of rotatable bonds is 5. The summed E-state index contributed by atoms with van der Waals surface area (Å²) in [5, 5.41) is 13.3. The second-order valence-corrected chi connectivity index (χ2v) is 9.80. The van der Waals surface area contributed by atoms with Crippen LogP contribution in [0.15, 0.2) is 35.5 Å². The van der Waals surface area contributed by atoms with Crippen molar-refractivity contribution in [2.24, 2.45) is 5.16 Å². The van der Waals surface area contributed by atoms with Gasteiger partial charge in [0.2, 0.25) is 0 Å². The molecule has 1 atom stereocenters. The van der Waals surface area contributed by atoms with Crippen molar-refractivity contribution in [1.29, 1.82) is 0 Å². The van der Waals surface area contributed by atoms with E-state index in [9.17, 15) is 18.3 Å². The molecule has 0 saturated carbocycles. The molecule has 0 bridgehead atoms. The largest absolute Gasteiger partial charge is 0.477 e. The number of oxime groups is 1. The summed E-state index contributed by atoms with van der Waals surface area (Å²) in [6.45, 7) is 3.47. The van der Waals surface area contributed by atoms with Crippen molar-refractivity contribution >= 4 is 21.5 Å². The van der Waals surface area contributed by atoms with Crippen LogP contribution in [0.25, 0.3) is 0 Å². The van der Waals surface area contributed by atoms with Crippen molar-refractivity contribution in [1.82, 2.24) is 14.9 Å². The first-order chi connectivity index (χ1) is 14.3. The number of aryl methyl sites for hydroxylation is 1. The van der Waals surface area contributed by atoms with Crippen molar-refractivity contribution < 1.29 is 23.2 Å². The van der Waals surface area contributed by atoms with Gasteiger partial charge < -0.3 is 9.94 Å². The van der Waals surface area contributed by atoms with E-state index in [2.05, 4.69) is 20.0 Å². The molecule has 2 aliphatic heterocycles. The predicted molar refractivity (Wildman–Crippen MR) is 109 cm³/mol. The third-order valence-electron chi connectivity index (χ3n) is 5.22. The summed E-state index contributed by atoms with van der Waals surface area (Å²) in [4.78, 5) is 27.1. The van der Waals surface area contributed by atoms with E-state index >= 15 is 0 Å². The van der Waals surface area contributed by atoms with Crippen LogP contribution in [0.1, 0.15) is 45.7 Å². The van der Waals surface area contributed by atoms with Crippen molar-refractivity contribution in [3.63, 3.8) is 0 Å². The standard InChI is InChI=1S/C20H22N4O5S/c1-13-21-16(10-18(22-13)20(25)26)17-11-19(29-23-17)15-4-2-14(3-5-15)12-24-6-8-30(27,28)9-7-24/h2-5,10,19H,6-9,11-12H2,1H3,(H,25,26). The molecule has 9 nitrogen and oxygen atoms in total. The molecule has 0 aliphatic carbocycles. The van der Waals surface area contributed by atoms with Gasteiger partial charge in [0.15, 0.2) is 21.6 Å². The highest BCUT2D eigenvalue weighted by atomic mass is 32.2. The lowest BCUT2D eigenvalue weighted by Gasteiger charge is -2.26. The lowest BCUT2D eigenvalue weighted by atomic mass is 10.0. The second-order valence-electron chi connectivity index (χ2n) is 7.50. The molecular formula is C20H22N4O5S.